The maximum Gasteiger partial charge on any atom is 0.491 e. The van der Waals surface area contributed by atoms with Crippen molar-refractivity contribution in [3.8, 4) is 0 Å². The summed E-state index contributed by atoms with van der Waals surface area (Å²) in [7, 11) is 0. The molecule has 0 aliphatic heterocycles. The summed E-state index contributed by atoms with van der Waals surface area (Å²) in [5.41, 5.74) is 4.21. The zero-order valence-corrected chi connectivity index (χ0v) is 3.00. The van der Waals surface area contributed by atoms with E-state index in [4.69, 9.17) is 0 Å². The Hall–Kier alpha value is -0.185. The first-order chi connectivity index (χ1) is 2.56. The lowest BCUT2D eigenvalue weighted by molar-refractivity contribution is 0.472. The van der Waals surface area contributed by atoms with E-state index in [0.717, 1.165) is 0 Å². The first kappa shape index (κ1) is 5.81. The van der Waals surface area contributed by atoms with E-state index in [1.165, 1.54) is 0 Å². The Morgan fingerprint density at radius 3 is 1.50 bits per heavy atom. The molecule has 0 saturated carbocycles. The van der Waals surface area contributed by atoms with Crippen LogP contribution < -0.4 is 5.73 Å². The monoisotopic (exact) mass is 98.0 g/mol. The maximum atomic E-state index is 10.7. The van der Waals surface area contributed by atoms with Crippen molar-refractivity contribution in [1.29, 1.82) is 0 Å². The van der Waals surface area contributed by atoms with Gasteiger partial charge in [-0.2, -0.15) is 0 Å². The van der Waals surface area contributed by atoms with Crippen LogP contribution in [0.3, 0.4) is 0 Å². The van der Waals surface area contributed by atoms with Crippen LogP contribution in [-0.2, 0) is 0 Å². The molecule has 6 heavy (non-hydrogen) atoms. The smallest absolute Gasteiger partial charge is 0.448 e. The van der Waals surface area contributed by atoms with Gasteiger partial charge in [-0.3, -0.25) is 0 Å². The van der Waals surface area contributed by atoms with Gasteiger partial charge < -0.3 is 18.7 Å². The predicted molar refractivity (Wildman–Crippen MR) is 18.1 cm³/mol. The number of rotatable bonds is 1. The molecule has 0 fully saturated rings. The Morgan fingerprint density at radius 2 is 1.50 bits per heavy atom. The van der Waals surface area contributed by atoms with Crippen molar-refractivity contribution in [2.24, 2.45) is 5.73 Å². The molecule has 0 unspecified atom stereocenters. The SMILES string of the molecule is NC[B-](F)(F)F. The zero-order chi connectivity index (χ0) is 5.21. The van der Waals surface area contributed by atoms with Crippen LogP contribution >= 0.6 is 0 Å². The highest BCUT2D eigenvalue weighted by atomic mass is 19.4. The Balaban J connectivity index is 3.17. The van der Waals surface area contributed by atoms with Crippen LogP contribution in [0.1, 0.15) is 0 Å². The molecule has 0 aromatic heterocycles. The molecule has 0 saturated heterocycles. The molecule has 0 atom stereocenters. The fourth-order valence-electron chi connectivity index (χ4n) is 0. The average molecular weight is 97.9 g/mol. The fourth-order valence-corrected chi connectivity index (χ4v) is 0. The van der Waals surface area contributed by atoms with Gasteiger partial charge in [0, 0.05) is 0 Å². The van der Waals surface area contributed by atoms with Gasteiger partial charge in [0.2, 0.25) is 0 Å². The number of hydrogen-bond donors (Lipinski definition) is 1. The van der Waals surface area contributed by atoms with E-state index < -0.39 is 13.4 Å². The minimum Gasteiger partial charge on any atom is -0.448 e. The Morgan fingerprint density at radius 1 is 1.33 bits per heavy atom. The van der Waals surface area contributed by atoms with E-state index in [0.29, 0.717) is 0 Å². The summed E-state index contributed by atoms with van der Waals surface area (Å²) >= 11 is 0. The number of halogens is 3. The van der Waals surface area contributed by atoms with E-state index in [1.54, 1.807) is 0 Å². The van der Waals surface area contributed by atoms with Crippen LogP contribution in [0.2, 0.25) is 0 Å². The van der Waals surface area contributed by atoms with Gasteiger partial charge in [0.25, 0.3) is 0 Å². The first-order valence-electron chi connectivity index (χ1n) is 1.47. The summed E-state index contributed by atoms with van der Waals surface area (Å²) in [6.45, 7) is -4.71. The third-order valence-electron chi connectivity index (χ3n) is 0.267. The van der Waals surface area contributed by atoms with Gasteiger partial charge in [-0.05, 0) is 6.44 Å². The van der Waals surface area contributed by atoms with Crippen molar-refractivity contribution in [2.45, 2.75) is 0 Å². The van der Waals surface area contributed by atoms with E-state index in [1.807, 2.05) is 0 Å². The molecular weight excluding hydrogens is 93.8 g/mol. The topological polar surface area (TPSA) is 26.0 Å². The molecule has 0 heterocycles. The van der Waals surface area contributed by atoms with Crippen molar-refractivity contribution in [3.63, 3.8) is 0 Å². The van der Waals surface area contributed by atoms with Gasteiger partial charge >= 0.3 is 6.98 Å². The fraction of sp³-hybridized carbons (Fsp3) is 1.00. The molecule has 5 heteroatoms. The summed E-state index contributed by atoms with van der Waals surface area (Å²) in [5.74, 6) is 0. The molecule has 0 spiro atoms. The lowest BCUT2D eigenvalue weighted by Crippen LogP contribution is -2.28. The van der Waals surface area contributed by atoms with Crippen LogP contribution in [0.15, 0.2) is 0 Å². The van der Waals surface area contributed by atoms with Crippen LogP contribution in [0.5, 0.6) is 0 Å². The Kier molecular flexibility index (Phi) is 1.46. The van der Waals surface area contributed by atoms with Gasteiger partial charge in [0.1, 0.15) is 0 Å². The number of hydrogen-bond acceptors (Lipinski definition) is 1. The third kappa shape index (κ3) is 3.81. The van der Waals surface area contributed by atoms with E-state index >= 15 is 0 Å². The minimum absolute atomic E-state index is 1.17. The maximum absolute atomic E-state index is 10.7. The second kappa shape index (κ2) is 1.51. The van der Waals surface area contributed by atoms with Crippen LogP contribution in [0.25, 0.3) is 0 Å². The third-order valence-corrected chi connectivity index (χ3v) is 0.267. The second-order valence-corrected chi connectivity index (χ2v) is 0.946. The van der Waals surface area contributed by atoms with Crippen molar-refractivity contribution in [1.82, 2.24) is 0 Å². The summed E-state index contributed by atoms with van der Waals surface area (Å²) in [6.07, 6.45) is -1.17. The highest BCUT2D eigenvalue weighted by Crippen LogP contribution is 2.02. The summed E-state index contributed by atoms with van der Waals surface area (Å²) in [5, 5.41) is 0. The van der Waals surface area contributed by atoms with E-state index in [-0.39, 0.29) is 0 Å². The Bertz CT molecular complexity index is 40.5. The molecule has 2 N–H and O–H groups in total. The van der Waals surface area contributed by atoms with Crippen LogP contribution in [0.4, 0.5) is 12.9 Å². The van der Waals surface area contributed by atoms with Crippen LogP contribution in [0, 0.1) is 0 Å². The highest BCUT2D eigenvalue weighted by molar-refractivity contribution is 6.58. The first-order valence-corrected chi connectivity index (χ1v) is 1.47. The molecule has 0 aliphatic carbocycles. The molecule has 0 radical (unpaired) electrons. The van der Waals surface area contributed by atoms with Gasteiger partial charge in [0.15, 0.2) is 0 Å². The molecular formula is CH4BF3N-. The van der Waals surface area contributed by atoms with Gasteiger partial charge in [-0.1, -0.05) is 0 Å². The summed E-state index contributed by atoms with van der Waals surface area (Å²) in [6, 6.07) is 0. The highest BCUT2D eigenvalue weighted by Gasteiger charge is 2.18. The summed E-state index contributed by atoms with van der Waals surface area (Å²) < 4.78 is 32.2. The second-order valence-electron chi connectivity index (χ2n) is 0.946. The molecule has 0 aliphatic rings. The van der Waals surface area contributed by atoms with Gasteiger partial charge in [-0.15, -0.1) is 0 Å². The lowest BCUT2D eigenvalue weighted by Gasteiger charge is -2.06. The minimum atomic E-state index is -4.71. The van der Waals surface area contributed by atoms with E-state index in [2.05, 4.69) is 5.73 Å². The normalized spacial score (nSPS) is 12.0. The van der Waals surface area contributed by atoms with Crippen LogP contribution in [-0.4, -0.2) is 13.4 Å². The number of nitrogens with two attached hydrogens (primary N) is 1. The quantitative estimate of drug-likeness (QED) is 0.470. The zero-order valence-electron chi connectivity index (χ0n) is 3.00. The largest absolute Gasteiger partial charge is 0.491 e. The standard InChI is InChI=1S/CH4BF3N/c3-2(4,5)1-6/h1,6H2/q-1. The lowest BCUT2D eigenvalue weighted by atomic mass is 9.94. The molecule has 0 bridgehead atoms. The van der Waals surface area contributed by atoms with Crippen molar-refractivity contribution >= 4 is 6.98 Å². The molecule has 0 aromatic rings. The van der Waals surface area contributed by atoms with Gasteiger partial charge in [-0.25, -0.2) is 0 Å². The molecule has 0 rings (SSSR count). The van der Waals surface area contributed by atoms with Crippen molar-refractivity contribution in [2.75, 3.05) is 6.44 Å². The molecule has 38 valence electrons. The Labute approximate surface area is 33.4 Å². The molecule has 0 aromatic carbocycles. The van der Waals surface area contributed by atoms with Crippen molar-refractivity contribution < 1.29 is 12.9 Å². The average Bonchev–Trinajstić information content (AvgIpc) is 1.35. The van der Waals surface area contributed by atoms with Crippen molar-refractivity contribution in [3.05, 3.63) is 0 Å². The summed E-state index contributed by atoms with van der Waals surface area (Å²) in [4.78, 5) is 0. The van der Waals surface area contributed by atoms with Gasteiger partial charge in [0.05, 0.1) is 0 Å². The molecule has 1 nitrogen and oxygen atoms in total. The molecule has 0 amide bonds. The van der Waals surface area contributed by atoms with E-state index in [9.17, 15) is 12.9 Å². The predicted octanol–water partition coefficient (Wildman–Crippen LogP) is 0.332.